The standard InChI is InChI=1S/C14H22N4O/c1-10(2)14-12(9-17(3)6-7-19)18-8-11(15)4-5-13(18)16-14/h4-5,8,10,19H,6-7,9,15H2,1-3H3. The molecule has 5 nitrogen and oxygen atoms in total. The Bertz CT molecular complexity index is 562. The molecular weight excluding hydrogens is 240 g/mol. The van der Waals surface area contributed by atoms with Crippen molar-refractivity contribution >= 4 is 11.3 Å². The Labute approximate surface area is 113 Å². The van der Waals surface area contributed by atoms with E-state index >= 15 is 0 Å². The molecule has 0 saturated carbocycles. The minimum absolute atomic E-state index is 0.159. The van der Waals surface area contributed by atoms with Crippen molar-refractivity contribution in [2.45, 2.75) is 26.3 Å². The van der Waals surface area contributed by atoms with Crippen molar-refractivity contribution in [1.29, 1.82) is 0 Å². The second-order valence-corrected chi connectivity index (χ2v) is 5.25. The topological polar surface area (TPSA) is 66.8 Å². The fourth-order valence-corrected chi connectivity index (χ4v) is 2.25. The quantitative estimate of drug-likeness (QED) is 0.856. The largest absolute Gasteiger partial charge is 0.398 e. The molecule has 0 aromatic carbocycles. The first-order valence-corrected chi connectivity index (χ1v) is 6.58. The van der Waals surface area contributed by atoms with E-state index in [1.807, 2.05) is 25.4 Å². The van der Waals surface area contributed by atoms with Crippen molar-refractivity contribution in [2.24, 2.45) is 0 Å². The normalized spacial score (nSPS) is 11.9. The maximum atomic E-state index is 9.02. The van der Waals surface area contributed by atoms with Crippen LogP contribution in [0.5, 0.6) is 0 Å². The van der Waals surface area contributed by atoms with Crippen molar-refractivity contribution in [3.05, 3.63) is 29.7 Å². The Balaban J connectivity index is 2.47. The molecule has 0 aliphatic heterocycles. The Kier molecular flexibility index (Phi) is 4.07. The molecule has 0 aliphatic rings. The second kappa shape index (κ2) is 5.59. The number of likely N-dealkylation sites (N-methyl/N-ethyl adjacent to an activating group) is 1. The summed E-state index contributed by atoms with van der Waals surface area (Å²) in [5, 5.41) is 9.02. The summed E-state index contributed by atoms with van der Waals surface area (Å²) in [7, 11) is 1.99. The van der Waals surface area contributed by atoms with Gasteiger partial charge >= 0.3 is 0 Å². The average Bonchev–Trinajstić information content (AvgIpc) is 2.68. The Hall–Kier alpha value is -1.59. The number of pyridine rings is 1. The lowest BCUT2D eigenvalue weighted by Gasteiger charge is -2.16. The first kappa shape index (κ1) is 13.8. The highest BCUT2D eigenvalue weighted by atomic mass is 16.3. The number of hydrogen-bond donors (Lipinski definition) is 2. The molecule has 0 radical (unpaired) electrons. The van der Waals surface area contributed by atoms with E-state index in [2.05, 4.69) is 28.1 Å². The summed E-state index contributed by atoms with van der Waals surface area (Å²) >= 11 is 0. The molecule has 0 spiro atoms. The van der Waals surface area contributed by atoms with Gasteiger partial charge in [0.1, 0.15) is 5.65 Å². The van der Waals surface area contributed by atoms with Crippen LogP contribution < -0.4 is 5.73 Å². The van der Waals surface area contributed by atoms with Gasteiger partial charge < -0.3 is 15.2 Å². The molecule has 19 heavy (non-hydrogen) atoms. The third-order valence-corrected chi connectivity index (χ3v) is 3.22. The molecule has 5 heteroatoms. The zero-order valence-corrected chi connectivity index (χ0v) is 11.8. The van der Waals surface area contributed by atoms with E-state index in [0.29, 0.717) is 12.5 Å². The van der Waals surface area contributed by atoms with Gasteiger partial charge in [0.25, 0.3) is 0 Å². The molecule has 2 heterocycles. The number of aromatic nitrogens is 2. The van der Waals surface area contributed by atoms with Gasteiger partial charge in [0.2, 0.25) is 0 Å². The van der Waals surface area contributed by atoms with Crippen LogP contribution in [0.4, 0.5) is 5.69 Å². The van der Waals surface area contributed by atoms with Gasteiger partial charge in [-0.25, -0.2) is 4.98 Å². The highest BCUT2D eigenvalue weighted by molar-refractivity contribution is 5.50. The molecule has 2 aromatic heterocycles. The molecule has 2 rings (SSSR count). The molecule has 3 N–H and O–H groups in total. The number of rotatable bonds is 5. The van der Waals surface area contributed by atoms with Crippen LogP contribution in [0.15, 0.2) is 18.3 Å². The molecule has 0 atom stereocenters. The van der Waals surface area contributed by atoms with Gasteiger partial charge in [0, 0.05) is 25.0 Å². The molecule has 2 aromatic rings. The molecule has 0 fully saturated rings. The van der Waals surface area contributed by atoms with Crippen molar-refractivity contribution < 1.29 is 5.11 Å². The Morgan fingerprint density at radius 2 is 2.16 bits per heavy atom. The van der Waals surface area contributed by atoms with Gasteiger partial charge in [-0.3, -0.25) is 4.90 Å². The second-order valence-electron chi connectivity index (χ2n) is 5.25. The number of nitrogen functional groups attached to an aromatic ring is 1. The monoisotopic (exact) mass is 262 g/mol. The third-order valence-electron chi connectivity index (χ3n) is 3.22. The minimum Gasteiger partial charge on any atom is -0.398 e. The van der Waals surface area contributed by atoms with Gasteiger partial charge in [0.15, 0.2) is 0 Å². The van der Waals surface area contributed by atoms with E-state index in [0.717, 1.165) is 29.3 Å². The smallest absolute Gasteiger partial charge is 0.137 e. The number of imidazole rings is 1. The third kappa shape index (κ3) is 2.88. The predicted molar refractivity (Wildman–Crippen MR) is 77.1 cm³/mol. The number of anilines is 1. The van der Waals surface area contributed by atoms with Crippen molar-refractivity contribution in [3.8, 4) is 0 Å². The van der Waals surface area contributed by atoms with E-state index < -0.39 is 0 Å². The first-order chi connectivity index (χ1) is 9.02. The zero-order valence-electron chi connectivity index (χ0n) is 11.8. The molecule has 0 unspecified atom stereocenters. The van der Waals surface area contributed by atoms with Crippen LogP contribution in [0.25, 0.3) is 5.65 Å². The van der Waals surface area contributed by atoms with Crippen molar-refractivity contribution in [3.63, 3.8) is 0 Å². The number of hydrogen-bond acceptors (Lipinski definition) is 4. The van der Waals surface area contributed by atoms with Gasteiger partial charge in [-0.05, 0) is 25.1 Å². The summed E-state index contributed by atoms with van der Waals surface area (Å²) in [5.41, 5.74) is 9.75. The van der Waals surface area contributed by atoms with E-state index in [1.54, 1.807) is 0 Å². The van der Waals surface area contributed by atoms with Crippen LogP contribution in [0.2, 0.25) is 0 Å². The predicted octanol–water partition coefficient (Wildman–Crippen LogP) is 1.46. The van der Waals surface area contributed by atoms with Crippen LogP contribution in [-0.2, 0) is 6.54 Å². The highest BCUT2D eigenvalue weighted by Crippen LogP contribution is 2.22. The fraction of sp³-hybridized carbons (Fsp3) is 0.500. The number of nitrogens with two attached hydrogens (primary N) is 1. The molecule has 0 bridgehead atoms. The molecule has 104 valence electrons. The molecule has 0 amide bonds. The number of aliphatic hydroxyl groups excluding tert-OH is 1. The SMILES string of the molecule is CC(C)c1nc2ccc(N)cn2c1CN(C)CCO. The van der Waals surface area contributed by atoms with Gasteiger partial charge in [0.05, 0.1) is 18.0 Å². The maximum absolute atomic E-state index is 9.02. The Morgan fingerprint density at radius 3 is 2.79 bits per heavy atom. The van der Waals surface area contributed by atoms with Gasteiger partial charge in [-0.15, -0.1) is 0 Å². The number of fused-ring (bicyclic) bond motifs is 1. The van der Waals surface area contributed by atoms with Crippen LogP contribution in [0.1, 0.15) is 31.2 Å². The highest BCUT2D eigenvalue weighted by Gasteiger charge is 2.16. The lowest BCUT2D eigenvalue weighted by molar-refractivity contribution is 0.215. The molecule has 0 saturated heterocycles. The summed E-state index contributed by atoms with van der Waals surface area (Å²) in [4.78, 5) is 6.77. The maximum Gasteiger partial charge on any atom is 0.137 e. The first-order valence-electron chi connectivity index (χ1n) is 6.58. The summed E-state index contributed by atoms with van der Waals surface area (Å²) in [5.74, 6) is 0.360. The summed E-state index contributed by atoms with van der Waals surface area (Å²) in [6.45, 7) is 5.83. The van der Waals surface area contributed by atoms with E-state index in [9.17, 15) is 0 Å². The Morgan fingerprint density at radius 1 is 1.42 bits per heavy atom. The van der Waals surface area contributed by atoms with Gasteiger partial charge in [-0.2, -0.15) is 0 Å². The van der Waals surface area contributed by atoms with Crippen molar-refractivity contribution in [1.82, 2.24) is 14.3 Å². The minimum atomic E-state index is 0.159. The summed E-state index contributed by atoms with van der Waals surface area (Å²) < 4.78 is 2.05. The lowest BCUT2D eigenvalue weighted by atomic mass is 10.1. The molecular formula is C14H22N4O. The van der Waals surface area contributed by atoms with E-state index in [4.69, 9.17) is 10.8 Å². The van der Waals surface area contributed by atoms with Crippen molar-refractivity contribution in [2.75, 3.05) is 25.9 Å². The molecule has 0 aliphatic carbocycles. The summed E-state index contributed by atoms with van der Waals surface area (Å²) in [6.07, 6.45) is 1.91. The van der Waals surface area contributed by atoms with Crippen LogP contribution >= 0.6 is 0 Å². The van der Waals surface area contributed by atoms with Crippen LogP contribution in [0.3, 0.4) is 0 Å². The lowest BCUT2D eigenvalue weighted by Crippen LogP contribution is -2.23. The van der Waals surface area contributed by atoms with E-state index in [1.165, 1.54) is 0 Å². The number of aliphatic hydroxyl groups is 1. The summed E-state index contributed by atoms with van der Waals surface area (Å²) in [6, 6.07) is 3.81. The van der Waals surface area contributed by atoms with Gasteiger partial charge in [-0.1, -0.05) is 13.8 Å². The average molecular weight is 262 g/mol. The number of nitrogens with zero attached hydrogens (tertiary/aromatic N) is 3. The van der Waals surface area contributed by atoms with E-state index in [-0.39, 0.29) is 6.61 Å². The van der Waals surface area contributed by atoms with Crippen LogP contribution in [-0.4, -0.2) is 39.6 Å². The van der Waals surface area contributed by atoms with Crippen LogP contribution in [0, 0.1) is 0 Å². The zero-order chi connectivity index (χ0) is 14.0. The fourth-order valence-electron chi connectivity index (χ4n) is 2.25.